The molecule has 0 saturated carbocycles. The van der Waals surface area contributed by atoms with Crippen LogP contribution in [0.4, 0.5) is 0 Å². The Balaban J connectivity index is 2.16. The van der Waals surface area contributed by atoms with Crippen molar-refractivity contribution in [3.05, 3.63) is 35.4 Å². The van der Waals surface area contributed by atoms with Crippen LogP contribution in [0.2, 0.25) is 0 Å². The summed E-state index contributed by atoms with van der Waals surface area (Å²) in [5.41, 5.74) is 1.98. The van der Waals surface area contributed by atoms with Gasteiger partial charge in [0.25, 0.3) is 0 Å². The molecule has 1 aromatic rings. The number of aryl methyl sites for hydroxylation is 1. The lowest BCUT2D eigenvalue weighted by molar-refractivity contribution is -0.136. The lowest BCUT2D eigenvalue weighted by Crippen LogP contribution is -2.44. The van der Waals surface area contributed by atoms with Crippen LogP contribution >= 0.6 is 0 Å². The predicted octanol–water partition coefficient (Wildman–Crippen LogP) is 2.35. The molecule has 0 radical (unpaired) electrons. The molecule has 0 aromatic heterocycles. The highest BCUT2D eigenvalue weighted by Crippen LogP contribution is 2.26. The molecule has 2 rings (SSSR count). The fourth-order valence-electron chi connectivity index (χ4n) is 2.72. The number of amides is 1. The summed E-state index contributed by atoms with van der Waals surface area (Å²) in [5.74, 6) is 0.241. The highest BCUT2D eigenvalue weighted by molar-refractivity contribution is 5.87. The van der Waals surface area contributed by atoms with Gasteiger partial charge in [-0.3, -0.25) is 4.79 Å². The van der Waals surface area contributed by atoms with Gasteiger partial charge in [0.05, 0.1) is 5.41 Å². The maximum atomic E-state index is 12.8. The fraction of sp³-hybridized carbons (Fsp3) is 0.588. The van der Waals surface area contributed by atoms with E-state index in [1.165, 1.54) is 5.56 Å². The fourth-order valence-corrected chi connectivity index (χ4v) is 2.72. The second kappa shape index (κ2) is 6.40. The lowest BCUT2D eigenvalue weighted by atomic mass is 9.82. The number of nitrogens with zero attached hydrogens (tertiary/aromatic N) is 1. The third-order valence-corrected chi connectivity index (χ3v) is 4.25. The Kier molecular flexibility index (Phi) is 4.81. The predicted molar refractivity (Wildman–Crippen MR) is 82.9 cm³/mol. The Morgan fingerprint density at radius 2 is 1.90 bits per heavy atom. The van der Waals surface area contributed by atoms with Gasteiger partial charge in [-0.1, -0.05) is 31.2 Å². The van der Waals surface area contributed by atoms with Crippen LogP contribution in [0, 0.1) is 0 Å². The minimum absolute atomic E-state index is 0.241. The number of carbonyl (C=O) groups is 1. The van der Waals surface area contributed by atoms with Crippen molar-refractivity contribution in [3.63, 3.8) is 0 Å². The van der Waals surface area contributed by atoms with Crippen molar-refractivity contribution in [1.82, 2.24) is 10.2 Å². The van der Waals surface area contributed by atoms with Gasteiger partial charge in [-0.15, -0.1) is 0 Å². The molecule has 1 aliphatic rings. The molecule has 0 atom stereocenters. The van der Waals surface area contributed by atoms with Gasteiger partial charge in [-0.25, -0.2) is 0 Å². The van der Waals surface area contributed by atoms with E-state index in [4.69, 9.17) is 0 Å². The number of carbonyl (C=O) groups excluding carboxylic acids is 1. The summed E-state index contributed by atoms with van der Waals surface area (Å²) in [4.78, 5) is 14.8. The summed E-state index contributed by atoms with van der Waals surface area (Å²) >= 11 is 0. The molecule has 1 aliphatic heterocycles. The molecule has 1 saturated heterocycles. The topological polar surface area (TPSA) is 32.3 Å². The van der Waals surface area contributed by atoms with Crippen LogP contribution in [-0.2, 0) is 16.6 Å². The molecule has 0 spiro atoms. The van der Waals surface area contributed by atoms with Crippen molar-refractivity contribution in [2.45, 2.75) is 39.0 Å². The van der Waals surface area contributed by atoms with Gasteiger partial charge in [-0.05, 0) is 44.4 Å². The SMILES string of the molecule is CCc1ccc(C(C)(C)C(=O)N2CCCNCC2)cc1. The first-order valence-corrected chi connectivity index (χ1v) is 7.65. The molecule has 110 valence electrons. The third kappa shape index (κ3) is 3.21. The first-order chi connectivity index (χ1) is 9.55. The van der Waals surface area contributed by atoms with Gasteiger partial charge in [-0.2, -0.15) is 0 Å². The highest BCUT2D eigenvalue weighted by Gasteiger charge is 2.33. The second-order valence-electron chi connectivity index (χ2n) is 6.07. The molecule has 3 heteroatoms. The Morgan fingerprint density at radius 1 is 1.20 bits per heavy atom. The van der Waals surface area contributed by atoms with E-state index < -0.39 is 5.41 Å². The van der Waals surface area contributed by atoms with E-state index in [1.54, 1.807) is 0 Å². The van der Waals surface area contributed by atoms with E-state index >= 15 is 0 Å². The molecule has 1 amide bonds. The number of rotatable bonds is 3. The van der Waals surface area contributed by atoms with E-state index in [2.05, 4.69) is 36.5 Å². The third-order valence-electron chi connectivity index (χ3n) is 4.25. The number of hydrogen-bond donors (Lipinski definition) is 1. The quantitative estimate of drug-likeness (QED) is 0.917. The van der Waals surface area contributed by atoms with Crippen LogP contribution in [0.3, 0.4) is 0 Å². The largest absolute Gasteiger partial charge is 0.341 e. The molecule has 20 heavy (non-hydrogen) atoms. The smallest absolute Gasteiger partial charge is 0.232 e. The summed E-state index contributed by atoms with van der Waals surface area (Å²) < 4.78 is 0. The monoisotopic (exact) mass is 274 g/mol. The van der Waals surface area contributed by atoms with E-state index in [-0.39, 0.29) is 5.91 Å². The number of benzene rings is 1. The molecule has 1 N–H and O–H groups in total. The van der Waals surface area contributed by atoms with Gasteiger partial charge >= 0.3 is 0 Å². The van der Waals surface area contributed by atoms with Crippen LogP contribution in [0.15, 0.2) is 24.3 Å². The number of nitrogens with one attached hydrogen (secondary N) is 1. The summed E-state index contributed by atoms with van der Waals surface area (Å²) in [6, 6.07) is 8.47. The molecular formula is C17H26N2O. The molecule has 3 nitrogen and oxygen atoms in total. The normalized spacial score (nSPS) is 16.9. The lowest BCUT2D eigenvalue weighted by Gasteiger charge is -2.31. The summed E-state index contributed by atoms with van der Waals surface area (Å²) in [6.07, 6.45) is 2.07. The minimum Gasteiger partial charge on any atom is -0.341 e. The Hall–Kier alpha value is -1.35. The van der Waals surface area contributed by atoms with Crippen molar-refractivity contribution in [1.29, 1.82) is 0 Å². The van der Waals surface area contributed by atoms with Crippen molar-refractivity contribution < 1.29 is 4.79 Å². The van der Waals surface area contributed by atoms with E-state index in [9.17, 15) is 4.79 Å². The zero-order valence-corrected chi connectivity index (χ0v) is 12.9. The first-order valence-electron chi connectivity index (χ1n) is 7.65. The average molecular weight is 274 g/mol. The first kappa shape index (κ1) is 15.0. The summed E-state index contributed by atoms with van der Waals surface area (Å²) in [6.45, 7) is 9.81. The van der Waals surface area contributed by atoms with Gasteiger partial charge in [0.1, 0.15) is 0 Å². The van der Waals surface area contributed by atoms with Crippen LogP contribution in [0.5, 0.6) is 0 Å². The second-order valence-corrected chi connectivity index (χ2v) is 6.07. The highest BCUT2D eigenvalue weighted by atomic mass is 16.2. The molecular weight excluding hydrogens is 248 g/mol. The minimum atomic E-state index is -0.448. The average Bonchev–Trinajstić information content (AvgIpc) is 2.75. The van der Waals surface area contributed by atoms with E-state index in [0.29, 0.717) is 0 Å². The van der Waals surface area contributed by atoms with E-state index in [0.717, 1.165) is 44.6 Å². The van der Waals surface area contributed by atoms with Gasteiger partial charge in [0.2, 0.25) is 5.91 Å². The van der Waals surface area contributed by atoms with E-state index in [1.807, 2.05) is 18.7 Å². The number of hydrogen-bond acceptors (Lipinski definition) is 2. The molecule has 1 heterocycles. The van der Waals surface area contributed by atoms with Crippen LogP contribution in [0.1, 0.15) is 38.3 Å². The van der Waals surface area contributed by atoms with Crippen molar-refractivity contribution in [2.24, 2.45) is 0 Å². The van der Waals surface area contributed by atoms with Gasteiger partial charge < -0.3 is 10.2 Å². The van der Waals surface area contributed by atoms with Gasteiger partial charge in [0.15, 0.2) is 0 Å². The maximum Gasteiger partial charge on any atom is 0.232 e. The maximum absolute atomic E-state index is 12.8. The molecule has 1 aromatic carbocycles. The molecule has 0 bridgehead atoms. The van der Waals surface area contributed by atoms with Crippen LogP contribution in [0.25, 0.3) is 0 Å². The van der Waals surface area contributed by atoms with Crippen LogP contribution < -0.4 is 5.32 Å². The van der Waals surface area contributed by atoms with Gasteiger partial charge in [0, 0.05) is 19.6 Å². The Labute approximate surface area is 122 Å². The molecule has 1 fully saturated rings. The van der Waals surface area contributed by atoms with Crippen LogP contribution in [-0.4, -0.2) is 37.0 Å². The Morgan fingerprint density at radius 3 is 2.55 bits per heavy atom. The standard InChI is InChI=1S/C17H26N2O/c1-4-14-6-8-15(9-7-14)17(2,3)16(20)19-12-5-10-18-11-13-19/h6-9,18H,4-5,10-13H2,1-3H3. The van der Waals surface area contributed by atoms with Crippen molar-refractivity contribution in [2.75, 3.05) is 26.2 Å². The summed E-state index contributed by atoms with van der Waals surface area (Å²) in [5, 5.41) is 3.34. The zero-order chi connectivity index (χ0) is 14.6. The van der Waals surface area contributed by atoms with Crippen molar-refractivity contribution >= 4 is 5.91 Å². The molecule has 0 aliphatic carbocycles. The van der Waals surface area contributed by atoms with Crippen molar-refractivity contribution in [3.8, 4) is 0 Å². The molecule has 0 unspecified atom stereocenters. The zero-order valence-electron chi connectivity index (χ0n) is 12.9. The summed E-state index contributed by atoms with van der Waals surface area (Å²) in [7, 11) is 0. The Bertz CT molecular complexity index is 443.